The van der Waals surface area contributed by atoms with Crippen LogP contribution in [-0.4, -0.2) is 38.2 Å². The van der Waals surface area contributed by atoms with E-state index in [9.17, 15) is 0 Å². The van der Waals surface area contributed by atoms with Crippen molar-refractivity contribution < 1.29 is 4.74 Å². The Bertz CT molecular complexity index is 405. The van der Waals surface area contributed by atoms with Crippen LogP contribution in [0.1, 0.15) is 12.0 Å². The molecule has 1 aliphatic rings. The zero-order valence-corrected chi connectivity index (χ0v) is 11.8. The van der Waals surface area contributed by atoms with Crippen LogP contribution in [0.2, 0.25) is 0 Å². The van der Waals surface area contributed by atoms with Crippen LogP contribution in [0.15, 0.2) is 36.9 Å². The fraction of sp³-hybridized carbons (Fsp3) is 0.500. The maximum atomic E-state index is 5.66. The summed E-state index contributed by atoms with van der Waals surface area (Å²) in [6, 6.07) is 8.20. The van der Waals surface area contributed by atoms with Crippen LogP contribution in [0.4, 0.5) is 0 Å². The highest BCUT2D eigenvalue weighted by atomic mass is 16.5. The molecule has 1 fully saturated rings. The van der Waals surface area contributed by atoms with Gasteiger partial charge in [-0.25, -0.2) is 0 Å². The molecule has 1 aromatic carbocycles. The van der Waals surface area contributed by atoms with Crippen molar-refractivity contribution in [2.45, 2.75) is 13.0 Å². The summed E-state index contributed by atoms with van der Waals surface area (Å²) in [4.78, 5) is 2.40. The Balaban J connectivity index is 1.80. The molecule has 1 aromatic rings. The summed E-state index contributed by atoms with van der Waals surface area (Å²) < 4.78 is 5.66. The molecule has 3 nitrogen and oxygen atoms in total. The van der Waals surface area contributed by atoms with Crippen molar-refractivity contribution in [3.8, 4) is 5.75 Å². The molecule has 0 amide bonds. The van der Waals surface area contributed by atoms with Crippen molar-refractivity contribution in [1.82, 2.24) is 10.2 Å². The van der Waals surface area contributed by atoms with Crippen molar-refractivity contribution in [2.24, 2.45) is 5.92 Å². The third-order valence-electron chi connectivity index (χ3n) is 3.57. The molecule has 0 spiro atoms. The van der Waals surface area contributed by atoms with Crippen LogP contribution in [0.25, 0.3) is 0 Å². The lowest BCUT2D eigenvalue weighted by molar-refractivity contribution is 0.356. The minimum atomic E-state index is 0.560. The summed E-state index contributed by atoms with van der Waals surface area (Å²) in [6.07, 6.45) is 3.08. The summed E-state index contributed by atoms with van der Waals surface area (Å²) in [5, 5.41) is 3.55. The highest BCUT2D eigenvalue weighted by Crippen LogP contribution is 2.18. The largest absolute Gasteiger partial charge is 0.489 e. The van der Waals surface area contributed by atoms with Crippen molar-refractivity contribution in [3.05, 3.63) is 42.5 Å². The molecule has 1 aliphatic heterocycles. The monoisotopic (exact) mass is 260 g/mol. The van der Waals surface area contributed by atoms with Gasteiger partial charge in [0.25, 0.3) is 0 Å². The second kappa shape index (κ2) is 7.31. The van der Waals surface area contributed by atoms with E-state index in [0.717, 1.165) is 24.8 Å². The second-order valence-electron chi connectivity index (χ2n) is 5.26. The van der Waals surface area contributed by atoms with Gasteiger partial charge in [0.2, 0.25) is 0 Å². The second-order valence-corrected chi connectivity index (χ2v) is 5.26. The number of hydrogen-bond donors (Lipinski definition) is 1. The Labute approximate surface area is 116 Å². The molecule has 1 N–H and O–H groups in total. The van der Waals surface area contributed by atoms with Gasteiger partial charge in [-0.2, -0.15) is 0 Å². The Morgan fingerprint density at radius 2 is 2.32 bits per heavy atom. The SMILES string of the molecule is C=CCOc1ccccc1CNCC1CCN(C)C1. The normalized spacial score (nSPS) is 19.5. The summed E-state index contributed by atoms with van der Waals surface area (Å²) in [5.74, 6) is 1.74. The number of ether oxygens (including phenoxy) is 1. The Kier molecular flexibility index (Phi) is 5.43. The molecule has 0 radical (unpaired) electrons. The van der Waals surface area contributed by atoms with E-state index < -0.39 is 0 Å². The maximum absolute atomic E-state index is 5.66. The van der Waals surface area contributed by atoms with Crippen molar-refractivity contribution >= 4 is 0 Å². The molecule has 1 unspecified atom stereocenters. The summed E-state index contributed by atoms with van der Waals surface area (Å²) in [5.41, 5.74) is 1.22. The molecule has 3 heteroatoms. The summed E-state index contributed by atoms with van der Waals surface area (Å²) in [7, 11) is 2.19. The molecule has 104 valence electrons. The van der Waals surface area contributed by atoms with E-state index in [4.69, 9.17) is 4.74 Å². The zero-order valence-electron chi connectivity index (χ0n) is 11.8. The number of likely N-dealkylation sites (tertiary alicyclic amines) is 1. The average molecular weight is 260 g/mol. The van der Waals surface area contributed by atoms with E-state index in [2.05, 4.69) is 36.0 Å². The summed E-state index contributed by atoms with van der Waals surface area (Å²) >= 11 is 0. The number of nitrogens with zero attached hydrogens (tertiary/aromatic N) is 1. The van der Waals surface area contributed by atoms with Gasteiger partial charge in [-0.05, 0) is 38.5 Å². The van der Waals surface area contributed by atoms with E-state index in [1.807, 2.05) is 12.1 Å². The highest BCUT2D eigenvalue weighted by Gasteiger charge is 2.18. The number of para-hydroxylation sites is 1. The topological polar surface area (TPSA) is 24.5 Å². The number of benzene rings is 1. The van der Waals surface area contributed by atoms with E-state index in [-0.39, 0.29) is 0 Å². The van der Waals surface area contributed by atoms with Crippen LogP contribution in [0, 0.1) is 5.92 Å². The molecular weight excluding hydrogens is 236 g/mol. The molecule has 0 aliphatic carbocycles. The molecule has 1 atom stereocenters. The first-order chi connectivity index (χ1) is 9.29. The van der Waals surface area contributed by atoms with E-state index in [1.54, 1.807) is 6.08 Å². The summed E-state index contributed by atoms with van der Waals surface area (Å²) in [6.45, 7) is 8.63. The van der Waals surface area contributed by atoms with Crippen molar-refractivity contribution in [2.75, 3.05) is 33.3 Å². The van der Waals surface area contributed by atoms with Crippen LogP contribution >= 0.6 is 0 Å². The average Bonchev–Trinajstić information content (AvgIpc) is 2.83. The number of nitrogens with one attached hydrogen (secondary N) is 1. The first kappa shape index (κ1) is 14.1. The Morgan fingerprint density at radius 3 is 3.05 bits per heavy atom. The predicted octanol–water partition coefficient (Wildman–Crippen LogP) is 2.29. The van der Waals surface area contributed by atoms with Gasteiger partial charge < -0.3 is 15.0 Å². The molecule has 0 bridgehead atoms. The van der Waals surface area contributed by atoms with Gasteiger partial charge in [0.15, 0.2) is 0 Å². The number of hydrogen-bond acceptors (Lipinski definition) is 3. The van der Waals surface area contributed by atoms with Crippen LogP contribution in [0.3, 0.4) is 0 Å². The van der Waals surface area contributed by atoms with Crippen LogP contribution in [-0.2, 0) is 6.54 Å². The lowest BCUT2D eigenvalue weighted by Crippen LogP contribution is -2.24. The van der Waals surface area contributed by atoms with Gasteiger partial charge in [0, 0.05) is 18.7 Å². The minimum Gasteiger partial charge on any atom is -0.489 e. The molecule has 0 aromatic heterocycles. The van der Waals surface area contributed by atoms with Gasteiger partial charge in [0.1, 0.15) is 12.4 Å². The van der Waals surface area contributed by atoms with Crippen LogP contribution < -0.4 is 10.1 Å². The van der Waals surface area contributed by atoms with Crippen molar-refractivity contribution in [1.29, 1.82) is 0 Å². The number of rotatable bonds is 7. The molecule has 0 saturated carbocycles. The first-order valence-electron chi connectivity index (χ1n) is 7.00. The van der Waals surface area contributed by atoms with Gasteiger partial charge in [-0.3, -0.25) is 0 Å². The molecule has 2 rings (SSSR count). The predicted molar refractivity (Wildman–Crippen MR) is 79.4 cm³/mol. The van der Waals surface area contributed by atoms with Gasteiger partial charge >= 0.3 is 0 Å². The van der Waals surface area contributed by atoms with Crippen LogP contribution in [0.5, 0.6) is 5.75 Å². The standard InChI is InChI=1S/C16H24N2O/c1-3-10-19-16-7-5-4-6-15(16)12-17-11-14-8-9-18(2)13-14/h3-7,14,17H,1,8-13H2,2H3. The zero-order chi connectivity index (χ0) is 13.5. The quantitative estimate of drug-likeness (QED) is 0.761. The van der Waals surface area contributed by atoms with Gasteiger partial charge in [-0.1, -0.05) is 30.9 Å². The minimum absolute atomic E-state index is 0.560. The highest BCUT2D eigenvalue weighted by molar-refractivity contribution is 5.33. The lowest BCUT2D eigenvalue weighted by atomic mass is 10.1. The lowest BCUT2D eigenvalue weighted by Gasteiger charge is -2.14. The Morgan fingerprint density at radius 1 is 1.47 bits per heavy atom. The third-order valence-corrected chi connectivity index (χ3v) is 3.57. The fourth-order valence-electron chi connectivity index (χ4n) is 2.54. The molecule has 1 heterocycles. The molecular formula is C16H24N2O. The maximum Gasteiger partial charge on any atom is 0.124 e. The van der Waals surface area contributed by atoms with E-state index in [0.29, 0.717) is 6.61 Å². The molecule has 1 saturated heterocycles. The Hall–Kier alpha value is -1.32. The van der Waals surface area contributed by atoms with E-state index in [1.165, 1.54) is 25.1 Å². The fourth-order valence-corrected chi connectivity index (χ4v) is 2.54. The van der Waals surface area contributed by atoms with E-state index >= 15 is 0 Å². The molecule has 19 heavy (non-hydrogen) atoms. The third kappa shape index (κ3) is 4.37. The van der Waals surface area contributed by atoms with Gasteiger partial charge in [-0.15, -0.1) is 0 Å². The smallest absolute Gasteiger partial charge is 0.124 e. The van der Waals surface area contributed by atoms with Gasteiger partial charge in [0.05, 0.1) is 0 Å². The first-order valence-corrected chi connectivity index (χ1v) is 7.00. The van der Waals surface area contributed by atoms with Crippen molar-refractivity contribution in [3.63, 3.8) is 0 Å².